The van der Waals surface area contributed by atoms with Crippen molar-refractivity contribution in [3.63, 3.8) is 0 Å². The van der Waals surface area contributed by atoms with Gasteiger partial charge < -0.3 is 5.32 Å². The molecule has 0 aliphatic carbocycles. The van der Waals surface area contributed by atoms with Crippen molar-refractivity contribution in [2.24, 2.45) is 4.99 Å². The first-order chi connectivity index (χ1) is 13.0. The number of hydrogen-bond donors (Lipinski definition) is 1. The predicted octanol–water partition coefficient (Wildman–Crippen LogP) is 2.49. The molecule has 0 saturated heterocycles. The molecule has 6 nitrogen and oxygen atoms in total. The van der Waals surface area contributed by atoms with Crippen LogP contribution in [0, 0.1) is 0 Å². The summed E-state index contributed by atoms with van der Waals surface area (Å²) < 4.78 is 27.1. The van der Waals surface area contributed by atoms with Crippen molar-refractivity contribution in [1.82, 2.24) is 9.29 Å². The van der Waals surface area contributed by atoms with Gasteiger partial charge in [0.15, 0.2) is 0 Å². The third kappa shape index (κ3) is 3.15. The summed E-state index contributed by atoms with van der Waals surface area (Å²) >= 11 is 1.53. The number of fused-ring (bicyclic) bond motifs is 1. The molecule has 0 fully saturated rings. The van der Waals surface area contributed by atoms with E-state index in [1.165, 1.54) is 15.7 Å². The van der Waals surface area contributed by atoms with E-state index < -0.39 is 10.0 Å². The zero-order chi connectivity index (χ0) is 19.0. The molecule has 0 bridgehead atoms. The summed E-state index contributed by atoms with van der Waals surface area (Å²) in [4.78, 5) is 16.5. The molecule has 27 heavy (non-hydrogen) atoms. The van der Waals surface area contributed by atoms with Gasteiger partial charge in [-0.05, 0) is 30.3 Å². The summed E-state index contributed by atoms with van der Waals surface area (Å²) in [7, 11) is -2.05. The molecule has 1 aliphatic heterocycles. The Hall–Kier alpha value is -2.58. The van der Waals surface area contributed by atoms with Gasteiger partial charge in [0.25, 0.3) is 10.0 Å². The van der Waals surface area contributed by atoms with Gasteiger partial charge in [0.2, 0.25) is 5.91 Å². The summed E-state index contributed by atoms with van der Waals surface area (Å²) in [5.74, 6) is 0.509. The van der Waals surface area contributed by atoms with Gasteiger partial charge in [0, 0.05) is 29.9 Å². The lowest BCUT2D eigenvalue weighted by molar-refractivity contribution is -0.121. The lowest BCUT2D eigenvalue weighted by Gasteiger charge is -2.08. The molecule has 1 aromatic heterocycles. The third-order valence-corrected chi connectivity index (χ3v) is 7.20. The minimum Gasteiger partial charge on any atom is -0.357 e. The molecule has 0 saturated carbocycles. The van der Waals surface area contributed by atoms with E-state index in [4.69, 9.17) is 0 Å². The lowest BCUT2D eigenvalue weighted by Crippen LogP contribution is -2.30. The summed E-state index contributed by atoms with van der Waals surface area (Å²) in [6.45, 7) is 0. The van der Waals surface area contributed by atoms with Gasteiger partial charge >= 0.3 is 0 Å². The molecule has 4 rings (SSSR count). The molecule has 2 aromatic carbocycles. The maximum Gasteiger partial charge on any atom is 0.268 e. The Bertz CT molecular complexity index is 1150. The number of aromatic nitrogens is 1. The first kappa shape index (κ1) is 17.8. The quantitative estimate of drug-likeness (QED) is 0.731. The number of carbonyl (C=O) groups is 1. The molecule has 8 heteroatoms. The van der Waals surface area contributed by atoms with E-state index in [0.29, 0.717) is 11.3 Å². The number of thioether (sulfide) groups is 1. The molecule has 0 spiro atoms. The second-order valence-corrected chi connectivity index (χ2v) is 8.90. The van der Waals surface area contributed by atoms with Gasteiger partial charge in [-0.2, -0.15) is 0 Å². The Labute approximate surface area is 161 Å². The Kier molecular flexibility index (Phi) is 4.53. The summed E-state index contributed by atoms with van der Waals surface area (Å²) in [5, 5.41) is 4.21. The van der Waals surface area contributed by atoms with Crippen molar-refractivity contribution in [2.45, 2.75) is 10.9 Å². The summed E-state index contributed by atoms with van der Waals surface area (Å²) in [5.41, 5.74) is 1.49. The van der Waals surface area contributed by atoms with E-state index in [1.807, 2.05) is 12.1 Å². The van der Waals surface area contributed by atoms with Gasteiger partial charge in [-0.25, -0.2) is 12.4 Å². The van der Waals surface area contributed by atoms with Crippen LogP contribution >= 0.6 is 11.8 Å². The number of amides is 1. The van der Waals surface area contributed by atoms with E-state index >= 15 is 0 Å². The summed E-state index contributed by atoms with van der Waals surface area (Å²) in [6.07, 6.45) is 1.56. The van der Waals surface area contributed by atoms with Crippen LogP contribution in [-0.4, -0.2) is 42.2 Å². The van der Waals surface area contributed by atoms with Crippen LogP contribution < -0.4 is 5.32 Å². The third-order valence-electron chi connectivity index (χ3n) is 4.40. The van der Waals surface area contributed by atoms with Crippen LogP contribution in [0.1, 0.15) is 5.56 Å². The van der Waals surface area contributed by atoms with Gasteiger partial charge in [-0.1, -0.05) is 24.3 Å². The van der Waals surface area contributed by atoms with Crippen LogP contribution in [0.15, 0.2) is 70.7 Å². The Morgan fingerprint density at radius 2 is 1.96 bits per heavy atom. The number of carbonyl (C=O) groups excluding carboxylic acids is 1. The highest BCUT2D eigenvalue weighted by Gasteiger charge is 2.25. The van der Waals surface area contributed by atoms with Crippen molar-refractivity contribution in [3.05, 3.63) is 66.4 Å². The van der Waals surface area contributed by atoms with Gasteiger partial charge in [-0.15, -0.1) is 11.8 Å². The van der Waals surface area contributed by atoms with Crippen LogP contribution in [0.3, 0.4) is 0 Å². The highest BCUT2D eigenvalue weighted by atomic mass is 32.2. The molecule has 2 heterocycles. The zero-order valence-corrected chi connectivity index (χ0v) is 16.1. The number of likely N-dealkylation sites (N-methyl/N-ethyl adjacent to an activating group) is 1. The average molecular weight is 399 g/mol. The molecule has 1 atom stereocenters. The fraction of sp³-hybridized carbons (Fsp3) is 0.158. The SMILES string of the molecule is CNC(=O)C1CSC(c2ccc3c(ccn3S(=O)(=O)c3ccccc3)c2)=N1. The molecule has 138 valence electrons. The lowest BCUT2D eigenvalue weighted by atomic mass is 10.2. The minimum atomic E-state index is -3.65. The normalized spacial score (nSPS) is 17.1. The van der Waals surface area contributed by atoms with Crippen molar-refractivity contribution in [1.29, 1.82) is 0 Å². The van der Waals surface area contributed by atoms with E-state index in [2.05, 4.69) is 10.3 Å². The van der Waals surface area contributed by atoms with Crippen molar-refractivity contribution in [2.75, 3.05) is 12.8 Å². The molecule has 1 aliphatic rings. The largest absolute Gasteiger partial charge is 0.357 e. The highest BCUT2D eigenvalue weighted by Crippen LogP contribution is 2.28. The van der Waals surface area contributed by atoms with Crippen LogP contribution in [0.4, 0.5) is 0 Å². The Morgan fingerprint density at radius 1 is 1.19 bits per heavy atom. The standard InChI is InChI=1S/C19H17N3O3S2/c1-20-18(23)16-12-26-19(21-16)14-7-8-17-13(11-14)9-10-22(17)27(24,25)15-5-3-2-4-6-15/h2-11,16H,12H2,1H3,(H,20,23). The molecule has 0 radical (unpaired) electrons. The van der Waals surface area contributed by atoms with Crippen molar-refractivity contribution < 1.29 is 13.2 Å². The number of aliphatic imine (C=N–C) groups is 1. The average Bonchev–Trinajstić information content (AvgIpc) is 3.35. The van der Waals surface area contributed by atoms with E-state index in [0.717, 1.165) is 16.0 Å². The maximum absolute atomic E-state index is 12.9. The second-order valence-electron chi connectivity index (χ2n) is 6.08. The minimum absolute atomic E-state index is 0.0984. The number of rotatable bonds is 4. The topological polar surface area (TPSA) is 80.5 Å². The molecular formula is C19H17N3O3S2. The van der Waals surface area contributed by atoms with E-state index in [9.17, 15) is 13.2 Å². The molecule has 3 aromatic rings. The monoisotopic (exact) mass is 399 g/mol. The zero-order valence-electron chi connectivity index (χ0n) is 14.5. The molecule has 1 N–H and O–H groups in total. The fourth-order valence-corrected chi connectivity index (χ4v) is 5.41. The van der Waals surface area contributed by atoms with Crippen molar-refractivity contribution >= 4 is 43.6 Å². The number of nitrogens with zero attached hydrogens (tertiary/aromatic N) is 2. The molecular weight excluding hydrogens is 382 g/mol. The Morgan fingerprint density at radius 3 is 2.70 bits per heavy atom. The van der Waals surface area contributed by atoms with Gasteiger partial charge in [-0.3, -0.25) is 9.79 Å². The first-order valence-electron chi connectivity index (χ1n) is 8.35. The number of hydrogen-bond acceptors (Lipinski definition) is 5. The van der Waals surface area contributed by atoms with E-state index in [1.54, 1.807) is 55.7 Å². The fourth-order valence-electron chi connectivity index (χ4n) is 3.00. The molecule has 1 unspecified atom stereocenters. The van der Waals surface area contributed by atoms with Crippen LogP contribution in [0.25, 0.3) is 10.9 Å². The first-order valence-corrected chi connectivity index (χ1v) is 10.8. The van der Waals surface area contributed by atoms with Crippen LogP contribution in [0.5, 0.6) is 0 Å². The van der Waals surface area contributed by atoms with Gasteiger partial charge in [0.05, 0.1) is 15.5 Å². The second kappa shape index (κ2) is 6.86. The molecule has 1 amide bonds. The van der Waals surface area contributed by atoms with Crippen molar-refractivity contribution in [3.8, 4) is 0 Å². The van der Waals surface area contributed by atoms with Gasteiger partial charge in [0.1, 0.15) is 6.04 Å². The maximum atomic E-state index is 12.9. The highest BCUT2D eigenvalue weighted by molar-refractivity contribution is 8.14. The Balaban J connectivity index is 1.72. The van der Waals surface area contributed by atoms with Crippen LogP contribution in [0.2, 0.25) is 0 Å². The number of nitrogens with one attached hydrogen (secondary N) is 1. The predicted molar refractivity (Wildman–Crippen MR) is 108 cm³/mol. The number of benzene rings is 2. The van der Waals surface area contributed by atoms with E-state index in [-0.39, 0.29) is 16.8 Å². The smallest absolute Gasteiger partial charge is 0.268 e. The summed E-state index contributed by atoms with van der Waals surface area (Å²) in [6, 6.07) is 15.3. The van der Waals surface area contributed by atoms with Crippen LogP contribution in [-0.2, 0) is 14.8 Å².